The van der Waals surface area contributed by atoms with Gasteiger partial charge in [0.15, 0.2) is 0 Å². The molecule has 4 rings (SSSR count). The van der Waals surface area contributed by atoms with E-state index in [1.807, 2.05) is 12.1 Å². The summed E-state index contributed by atoms with van der Waals surface area (Å²) < 4.78 is 21.7. The highest BCUT2D eigenvalue weighted by Crippen LogP contribution is 2.28. The van der Waals surface area contributed by atoms with Gasteiger partial charge in [-0.3, -0.25) is 10.1 Å². The summed E-state index contributed by atoms with van der Waals surface area (Å²) in [5, 5.41) is 39.0. The van der Waals surface area contributed by atoms with E-state index in [1.165, 1.54) is 0 Å². The van der Waals surface area contributed by atoms with Gasteiger partial charge in [0.25, 0.3) is 0 Å². The van der Waals surface area contributed by atoms with E-state index in [1.54, 1.807) is 24.3 Å². The van der Waals surface area contributed by atoms with Crippen molar-refractivity contribution in [2.45, 2.75) is 38.4 Å². The summed E-state index contributed by atoms with van der Waals surface area (Å²) in [6.45, 7) is 3.07. The Morgan fingerprint density at radius 3 is 2.00 bits per heavy atom. The number of unbranched alkanes of at least 4 members (excludes halogenated alkanes) is 1. The van der Waals surface area contributed by atoms with Crippen molar-refractivity contribution in [2.24, 2.45) is 5.73 Å². The first-order valence-electron chi connectivity index (χ1n) is 12.0. The minimum Gasteiger partial charge on any atom is -0.494 e. The van der Waals surface area contributed by atoms with Gasteiger partial charge in [0.2, 0.25) is 6.54 Å². The van der Waals surface area contributed by atoms with Gasteiger partial charge in [-0.15, -0.1) is 0 Å². The average Bonchev–Trinajstić information content (AvgIpc) is 3.36. The molecular formula is C23H32B2N2O9. The van der Waals surface area contributed by atoms with Crippen LogP contribution in [0.25, 0.3) is 0 Å². The van der Waals surface area contributed by atoms with Crippen molar-refractivity contribution in [3.05, 3.63) is 57.6 Å². The van der Waals surface area contributed by atoms with Crippen molar-refractivity contribution in [1.29, 1.82) is 0 Å². The topological polar surface area (TPSA) is 167 Å². The molecule has 0 bridgehead atoms. The molecule has 0 fully saturated rings. The normalized spacial score (nSPS) is 17.8. The summed E-state index contributed by atoms with van der Waals surface area (Å²) in [6, 6.07) is 10.7. The number of ether oxygens (including phenoxy) is 2. The van der Waals surface area contributed by atoms with E-state index in [0.717, 1.165) is 18.4 Å². The van der Waals surface area contributed by atoms with Gasteiger partial charge in [-0.05, 0) is 29.7 Å². The summed E-state index contributed by atoms with van der Waals surface area (Å²) in [7, 11) is -2.14. The first kappa shape index (κ1) is 27.9. The minimum absolute atomic E-state index is 0.0828. The zero-order chi connectivity index (χ0) is 26.1. The summed E-state index contributed by atoms with van der Waals surface area (Å²) in [5.74, 6) is 1.14. The lowest BCUT2D eigenvalue weighted by Crippen LogP contribution is -2.30. The third-order valence-corrected chi connectivity index (χ3v) is 5.82. The Balaban J connectivity index is 0.000000202. The van der Waals surface area contributed by atoms with Gasteiger partial charge in [-0.1, -0.05) is 37.6 Å². The molecule has 0 amide bonds. The average molecular weight is 502 g/mol. The molecule has 2 heterocycles. The quantitative estimate of drug-likeness (QED) is 0.143. The van der Waals surface area contributed by atoms with Crippen LogP contribution in [-0.4, -0.2) is 67.2 Å². The first-order chi connectivity index (χ1) is 17.4. The molecule has 0 spiro atoms. The Bertz CT molecular complexity index is 1010. The van der Waals surface area contributed by atoms with Crippen molar-refractivity contribution in [2.75, 3.05) is 32.9 Å². The van der Waals surface area contributed by atoms with Crippen LogP contribution >= 0.6 is 0 Å². The third-order valence-electron chi connectivity index (χ3n) is 5.82. The Labute approximate surface area is 210 Å². The Hall–Kier alpha value is -2.67. The number of nitro groups is 1. The van der Waals surface area contributed by atoms with Gasteiger partial charge in [0, 0.05) is 35.4 Å². The lowest BCUT2D eigenvalue weighted by Gasteiger charge is -2.11. The number of nitrogens with two attached hydrogens (primary N) is 1. The Morgan fingerprint density at radius 2 is 1.50 bits per heavy atom. The highest BCUT2D eigenvalue weighted by Gasteiger charge is 2.40. The molecule has 2 aliphatic heterocycles. The number of aliphatic hydroxyl groups is 1. The summed E-state index contributed by atoms with van der Waals surface area (Å²) in [6.07, 6.45) is 1.49. The van der Waals surface area contributed by atoms with Gasteiger partial charge < -0.3 is 39.7 Å². The van der Waals surface area contributed by atoms with Crippen LogP contribution in [0.15, 0.2) is 36.4 Å². The number of fused-ring (bicyclic) bond motifs is 2. The minimum atomic E-state index is -1.15. The molecule has 0 saturated heterocycles. The Kier molecular flexibility index (Phi) is 10.5. The molecule has 5 N–H and O–H groups in total. The second-order valence-electron chi connectivity index (χ2n) is 8.35. The molecule has 0 saturated carbocycles. The molecule has 36 heavy (non-hydrogen) atoms. The zero-order valence-electron chi connectivity index (χ0n) is 20.2. The molecule has 2 aliphatic rings. The van der Waals surface area contributed by atoms with Crippen LogP contribution < -0.4 is 26.1 Å². The van der Waals surface area contributed by atoms with Gasteiger partial charge in [0.1, 0.15) is 17.6 Å². The molecule has 0 aliphatic carbocycles. The predicted molar refractivity (Wildman–Crippen MR) is 134 cm³/mol. The Morgan fingerprint density at radius 1 is 0.972 bits per heavy atom. The van der Waals surface area contributed by atoms with E-state index in [-0.39, 0.29) is 19.3 Å². The number of hydrogen-bond acceptors (Lipinski definition) is 10. The lowest BCUT2D eigenvalue weighted by atomic mass is 9.78. The molecule has 2 atom stereocenters. The molecule has 0 unspecified atom stereocenters. The van der Waals surface area contributed by atoms with Crippen molar-refractivity contribution in [3.63, 3.8) is 0 Å². The number of aliphatic hydroxyl groups excluding tert-OH is 1. The van der Waals surface area contributed by atoms with Crippen LogP contribution in [0.2, 0.25) is 0 Å². The summed E-state index contributed by atoms with van der Waals surface area (Å²) in [4.78, 5) is 10.1. The van der Waals surface area contributed by atoms with Gasteiger partial charge in [-0.25, -0.2) is 0 Å². The first-order valence-corrected chi connectivity index (χ1v) is 12.0. The second kappa shape index (κ2) is 13.6. The molecule has 2 aromatic rings. The smallest absolute Gasteiger partial charge is 0.494 e. The summed E-state index contributed by atoms with van der Waals surface area (Å²) in [5.41, 5.74) is 8.26. The standard InChI is InChI=1S/C12H16BNO5.C11H16BNO4/c1-2-3-7-18-10-6-4-5-9-11(8-14(16)17)19-13(15)12(9)10;13-7-10-8-3-1-4-9(16-6-2-5-14)11(8)12(15)17-10/h4-6,11,15H,2-3,7-8H2,1H3;1,3-4,10,14-15H,2,5-7,13H2/t11-;10-/m11/s1. The van der Waals surface area contributed by atoms with Crippen LogP contribution in [0.3, 0.4) is 0 Å². The van der Waals surface area contributed by atoms with Gasteiger partial charge in [0.05, 0.1) is 19.3 Å². The second-order valence-corrected chi connectivity index (χ2v) is 8.35. The molecular weight excluding hydrogens is 470 g/mol. The highest BCUT2D eigenvalue weighted by atomic mass is 16.6. The van der Waals surface area contributed by atoms with Crippen molar-refractivity contribution < 1.29 is 38.9 Å². The monoisotopic (exact) mass is 502 g/mol. The van der Waals surface area contributed by atoms with Crippen LogP contribution in [-0.2, 0) is 9.31 Å². The SMILES string of the molecule is CCCCOc1cccc2c1B(O)O[C@@H]2C[N+](=O)[O-].NC[C@H]1OB(O)c2c(OCCCO)cccc21. The summed E-state index contributed by atoms with van der Waals surface area (Å²) >= 11 is 0. The van der Waals surface area contributed by atoms with Crippen LogP contribution in [0.1, 0.15) is 49.5 Å². The van der Waals surface area contributed by atoms with Crippen LogP contribution in [0, 0.1) is 10.1 Å². The van der Waals surface area contributed by atoms with Gasteiger partial charge >= 0.3 is 14.2 Å². The fourth-order valence-corrected chi connectivity index (χ4v) is 4.09. The number of rotatable bonds is 11. The predicted octanol–water partition coefficient (Wildman–Crippen LogP) is 0.0663. The number of nitrogens with zero attached hydrogens (tertiary/aromatic N) is 1. The number of hydrogen-bond donors (Lipinski definition) is 4. The maximum atomic E-state index is 10.6. The highest BCUT2D eigenvalue weighted by molar-refractivity contribution is 6.63. The molecule has 194 valence electrons. The van der Waals surface area contributed by atoms with E-state index in [4.69, 9.17) is 29.6 Å². The molecule has 0 radical (unpaired) electrons. The maximum absolute atomic E-state index is 10.6. The fourth-order valence-electron chi connectivity index (χ4n) is 4.09. The van der Waals surface area contributed by atoms with Crippen LogP contribution in [0.5, 0.6) is 11.5 Å². The van der Waals surface area contributed by atoms with E-state index >= 15 is 0 Å². The van der Waals surface area contributed by atoms with E-state index in [2.05, 4.69) is 6.92 Å². The molecule has 2 aromatic carbocycles. The van der Waals surface area contributed by atoms with Crippen molar-refractivity contribution in [3.8, 4) is 11.5 Å². The molecule has 11 nitrogen and oxygen atoms in total. The third kappa shape index (κ3) is 6.75. The largest absolute Gasteiger partial charge is 0.496 e. The van der Waals surface area contributed by atoms with Crippen molar-refractivity contribution >= 4 is 25.2 Å². The zero-order valence-corrected chi connectivity index (χ0v) is 20.2. The van der Waals surface area contributed by atoms with Gasteiger partial charge in [-0.2, -0.15) is 0 Å². The maximum Gasteiger partial charge on any atom is 0.496 e. The fraction of sp³-hybridized carbons (Fsp3) is 0.478. The lowest BCUT2D eigenvalue weighted by molar-refractivity contribution is -0.490. The van der Waals surface area contributed by atoms with Crippen molar-refractivity contribution in [1.82, 2.24) is 0 Å². The van der Waals surface area contributed by atoms with E-state index in [0.29, 0.717) is 54.2 Å². The van der Waals surface area contributed by atoms with E-state index in [9.17, 15) is 20.2 Å². The van der Waals surface area contributed by atoms with E-state index < -0.39 is 25.3 Å². The molecule has 13 heteroatoms. The number of benzene rings is 2. The molecule has 0 aromatic heterocycles. The van der Waals surface area contributed by atoms with Crippen LogP contribution in [0.4, 0.5) is 0 Å².